The zero-order chi connectivity index (χ0) is 39.1. The van der Waals surface area contributed by atoms with Crippen LogP contribution in [0.5, 0.6) is 11.5 Å². The number of aryl methyl sites for hydroxylation is 1. The van der Waals surface area contributed by atoms with Crippen LogP contribution in [0.2, 0.25) is 0 Å². The maximum atomic E-state index is 14.0. The number of aromatic hydroxyl groups is 1. The molecule has 11 heteroatoms. The summed E-state index contributed by atoms with van der Waals surface area (Å²) in [6, 6.07) is 22.0. The van der Waals surface area contributed by atoms with E-state index in [0.29, 0.717) is 61.5 Å². The number of nitrogens with one attached hydrogen (secondary N) is 2. The van der Waals surface area contributed by atoms with Crippen molar-refractivity contribution in [2.24, 2.45) is 5.92 Å². The normalized spacial score (nSPS) is 21.0. The standard InChI is InChI=1S/C45H54N4O7/c1-31-28-32(10-15-39(31)55-27-7-3-6-22-46-29-38(51)35-12-14-37(50)43-36(35)13-16-41(52)47-43)11-17-42(53)49-25-20-45(21-26-49,34-8-4-2-5-9-34)44(54)56-40-30-48-23-18-33(40)19-24-48/h2,4-5,8-17,28,33,38,40,46,50-51H,3,6-7,18-27,29-30H2,1H3,(H,47,52)/b17-11+. The Morgan fingerprint density at radius 2 is 1.77 bits per heavy atom. The molecule has 4 fully saturated rings. The summed E-state index contributed by atoms with van der Waals surface area (Å²) >= 11 is 0. The molecule has 2 atom stereocenters. The number of unbranched alkanes of at least 4 members (excludes halogenated alkanes) is 2. The van der Waals surface area contributed by atoms with Gasteiger partial charge in [-0.25, -0.2) is 0 Å². The Morgan fingerprint density at radius 1 is 0.982 bits per heavy atom. The highest BCUT2D eigenvalue weighted by molar-refractivity contribution is 5.92. The minimum Gasteiger partial charge on any atom is -0.506 e. The van der Waals surface area contributed by atoms with Gasteiger partial charge < -0.3 is 34.9 Å². The highest BCUT2D eigenvalue weighted by atomic mass is 16.5. The molecular weight excluding hydrogens is 709 g/mol. The predicted octanol–water partition coefficient (Wildman–Crippen LogP) is 5.63. The molecule has 4 aliphatic rings. The molecule has 296 valence electrons. The number of piperidine rings is 4. The third-order valence-corrected chi connectivity index (χ3v) is 12.0. The van der Waals surface area contributed by atoms with E-state index in [0.717, 1.165) is 80.7 Å². The van der Waals surface area contributed by atoms with Crippen LogP contribution in [0.25, 0.3) is 17.0 Å². The first-order valence-electron chi connectivity index (χ1n) is 20.1. The lowest BCUT2D eigenvalue weighted by Gasteiger charge is -2.46. The number of aromatic amines is 1. The Bertz CT molecular complexity index is 2070. The number of carbonyl (C=O) groups excluding carboxylic acids is 2. The first kappa shape index (κ1) is 39.3. The van der Waals surface area contributed by atoms with E-state index in [2.05, 4.69) is 15.2 Å². The molecule has 4 saturated heterocycles. The Hall–Kier alpha value is -4.97. The number of aliphatic hydroxyl groups is 1. The Kier molecular flexibility index (Phi) is 12.5. The lowest BCUT2D eigenvalue weighted by atomic mass is 9.72. The fraction of sp³-hybridized carbons (Fsp3) is 0.444. The maximum Gasteiger partial charge on any atom is 0.317 e. The number of esters is 1. The molecule has 1 aromatic heterocycles. The largest absolute Gasteiger partial charge is 0.506 e. The number of carbonyl (C=O) groups is 2. The number of rotatable bonds is 15. The number of H-pyrrole nitrogens is 1. The first-order chi connectivity index (χ1) is 27.2. The zero-order valence-corrected chi connectivity index (χ0v) is 32.3. The van der Waals surface area contributed by atoms with Crippen LogP contribution in [0.1, 0.15) is 73.3 Å². The summed E-state index contributed by atoms with van der Waals surface area (Å²) in [5.74, 6) is 1.02. The maximum absolute atomic E-state index is 14.0. The van der Waals surface area contributed by atoms with Gasteiger partial charge in [-0.1, -0.05) is 42.5 Å². The van der Waals surface area contributed by atoms with Crippen molar-refractivity contribution in [3.63, 3.8) is 0 Å². The molecule has 0 radical (unpaired) electrons. The summed E-state index contributed by atoms with van der Waals surface area (Å²) in [7, 11) is 0. The fourth-order valence-electron chi connectivity index (χ4n) is 8.59. The Balaban J connectivity index is 0.831. The SMILES string of the molecule is Cc1cc(/C=C/C(=O)N2CCC(C(=O)OC3CN4CCC3CC4)(c3ccccc3)CC2)ccc1OCCCCCNCC(O)c1ccc(O)c2[nH]c(=O)ccc12. The lowest BCUT2D eigenvalue weighted by Crippen LogP contribution is -2.55. The van der Waals surface area contributed by atoms with Gasteiger partial charge in [0, 0.05) is 43.7 Å². The van der Waals surface area contributed by atoms with Gasteiger partial charge in [0.15, 0.2) is 0 Å². The third kappa shape index (κ3) is 9.01. The van der Waals surface area contributed by atoms with Crippen molar-refractivity contribution in [2.75, 3.05) is 52.4 Å². The number of amides is 1. The van der Waals surface area contributed by atoms with Crippen LogP contribution >= 0.6 is 0 Å². The second kappa shape index (κ2) is 17.9. The van der Waals surface area contributed by atoms with Gasteiger partial charge in [0.05, 0.1) is 23.6 Å². The number of pyridine rings is 1. The number of phenols is 1. The van der Waals surface area contributed by atoms with Crippen LogP contribution in [0, 0.1) is 12.8 Å². The van der Waals surface area contributed by atoms with Gasteiger partial charge >= 0.3 is 5.97 Å². The molecule has 2 unspecified atom stereocenters. The molecule has 0 aliphatic carbocycles. The second-order valence-corrected chi connectivity index (χ2v) is 15.6. The molecule has 0 saturated carbocycles. The molecule has 5 heterocycles. The summed E-state index contributed by atoms with van der Waals surface area (Å²) in [6.45, 7) is 7.65. The van der Waals surface area contributed by atoms with Crippen LogP contribution < -0.4 is 15.6 Å². The van der Waals surface area contributed by atoms with E-state index in [-0.39, 0.29) is 29.3 Å². The van der Waals surface area contributed by atoms with Gasteiger partial charge in [0.25, 0.3) is 0 Å². The van der Waals surface area contributed by atoms with Crippen molar-refractivity contribution < 1.29 is 29.3 Å². The quantitative estimate of drug-likeness (QED) is 0.0689. The zero-order valence-electron chi connectivity index (χ0n) is 32.3. The number of nitrogens with zero attached hydrogens (tertiary/aromatic N) is 2. The van der Waals surface area contributed by atoms with E-state index in [1.165, 1.54) is 12.1 Å². The van der Waals surface area contributed by atoms with E-state index in [1.54, 1.807) is 18.2 Å². The molecule has 3 aromatic carbocycles. The lowest BCUT2D eigenvalue weighted by molar-refractivity contribution is -0.168. The highest BCUT2D eigenvalue weighted by Gasteiger charge is 2.47. The van der Waals surface area contributed by atoms with Crippen LogP contribution in [0.4, 0.5) is 0 Å². The number of likely N-dealkylation sites (tertiary alicyclic amines) is 1. The Labute approximate surface area is 328 Å². The summed E-state index contributed by atoms with van der Waals surface area (Å²) in [6.07, 6.45) is 8.63. The topological polar surface area (TPSA) is 144 Å². The minimum atomic E-state index is -0.784. The molecule has 1 amide bonds. The average Bonchev–Trinajstić information content (AvgIpc) is 3.22. The number of hydrogen-bond donors (Lipinski definition) is 4. The van der Waals surface area contributed by atoms with E-state index in [9.17, 15) is 24.6 Å². The molecule has 4 aromatic rings. The Morgan fingerprint density at radius 3 is 2.50 bits per heavy atom. The monoisotopic (exact) mass is 762 g/mol. The number of fused-ring (bicyclic) bond motifs is 4. The summed E-state index contributed by atoms with van der Waals surface area (Å²) in [5.41, 5.74) is 2.79. The van der Waals surface area contributed by atoms with Gasteiger partial charge in [-0.05, 0) is 130 Å². The molecule has 4 aliphatic heterocycles. The number of aliphatic hydroxyl groups excluding tert-OH is 1. The van der Waals surface area contributed by atoms with Gasteiger partial charge in [0.2, 0.25) is 11.5 Å². The molecule has 0 spiro atoms. The number of benzene rings is 3. The smallest absolute Gasteiger partial charge is 0.317 e. The number of hydrogen-bond acceptors (Lipinski definition) is 9. The highest BCUT2D eigenvalue weighted by Crippen LogP contribution is 2.39. The van der Waals surface area contributed by atoms with Gasteiger partial charge in [-0.3, -0.25) is 19.3 Å². The van der Waals surface area contributed by atoms with E-state index in [1.807, 2.05) is 66.4 Å². The molecule has 56 heavy (non-hydrogen) atoms. The first-order valence-corrected chi connectivity index (χ1v) is 20.1. The van der Waals surface area contributed by atoms with Crippen LogP contribution in [-0.4, -0.2) is 95.4 Å². The van der Waals surface area contributed by atoms with Crippen molar-refractivity contribution in [1.82, 2.24) is 20.1 Å². The predicted molar refractivity (Wildman–Crippen MR) is 217 cm³/mol. The van der Waals surface area contributed by atoms with E-state index < -0.39 is 11.5 Å². The summed E-state index contributed by atoms with van der Waals surface area (Å²) < 4.78 is 12.4. The van der Waals surface area contributed by atoms with E-state index >= 15 is 0 Å². The van der Waals surface area contributed by atoms with Crippen molar-refractivity contribution in [2.45, 2.75) is 69.5 Å². The number of ether oxygens (including phenoxy) is 2. The fourth-order valence-corrected chi connectivity index (χ4v) is 8.59. The molecule has 8 rings (SSSR count). The van der Waals surface area contributed by atoms with Crippen LogP contribution in [-0.2, 0) is 19.7 Å². The van der Waals surface area contributed by atoms with Crippen LogP contribution in [0.15, 0.2) is 83.7 Å². The molecular formula is C45H54N4O7. The van der Waals surface area contributed by atoms with Gasteiger partial charge in [-0.2, -0.15) is 0 Å². The van der Waals surface area contributed by atoms with Crippen molar-refractivity contribution in [3.8, 4) is 11.5 Å². The average molecular weight is 763 g/mol. The van der Waals surface area contributed by atoms with Crippen molar-refractivity contribution >= 4 is 28.9 Å². The van der Waals surface area contributed by atoms with E-state index in [4.69, 9.17) is 9.47 Å². The summed E-state index contributed by atoms with van der Waals surface area (Å²) in [5, 5.41) is 24.7. The second-order valence-electron chi connectivity index (χ2n) is 15.6. The molecule has 11 nitrogen and oxygen atoms in total. The number of aromatic nitrogens is 1. The van der Waals surface area contributed by atoms with Gasteiger partial charge in [-0.15, -0.1) is 0 Å². The minimum absolute atomic E-state index is 0.0281. The van der Waals surface area contributed by atoms with Crippen LogP contribution in [0.3, 0.4) is 0 Å². The van der Waals surface area contributed by atoms with Crippen molar-refractivity contribution in [3.05, 3.63) is 111 Å². The molecule has 4 N–H and O–H groups in total. The van der Waals surface area contributed by atoms with Crippen molar-refractivity contribution in [1.29, 1.82) is 0 Å². The number of phenolic OH excluding ortho intramolecular Hbond substituents is 1. The summed E-state index contributed by atoms with van der Waals surface area (Å²) in [4.78, 5) is 45.8. The van der Waals surface area contributed by atoms with Gasteiger partial charge in [0.1, 0.15) is 17.6 Å². The third-order valence-electron chi connectivity index (χ3n) is 12.0. The molecule has 2 bridgehead atoms.